The van der Waals surface area contributed by atoms with Crippen LogP contribution < -0.4 is 21.7 Å². The molecule has 204 valence electrons. The Bertz CT molecular complexity index is 1230. The molecule has 2 aromatic carbocycles. The van der Waals surface area contributed by atoms with Crippen LogP contribution in [-0.4, -0.2) is 39.2 Å². The second kappa shape index (κ2) is 20.1. The van der Waals surface area contributed by atoms with Crippen molar-refractivity contribution in [2.45, 2.75) is 0 Å². The molecule has 14 heteroatoms. The maximum atomic E-state index is 12.1. The molecule has 11 nitrogen and oxygen atoms in total. The third kappa shape index (κ3) is 15.3. The second-order valence-corrected chi connectivity index (χ2v) is 6.79. The third-order valence-electron chi connectivity index (χ3n) is 4.09. The summed E-state index contributed by atoms with van der Waals surface area (Å²) in [6, 6.07) is 15.2. The van der Waals surface area contributed by atoms with E-state index in [2.05, 4.69) is 9.97 Å². The first-order valence-electron chi connectivity index (χ1n) is 10.3. The first-order chi connectivity index (χ1) is 18.0. The summed E-state index contributed by atoms with van der Waals surface area (Å²) in [5.41, 5.74) is 10.9. The fourth-order valence-electron chi connectivity index (χ4n) is 2.20. The summed E-state index contributed by atoms with van der Waals surface area (Å²) in [4.78, 5) is 48.4. The van der Waals surface area contributed by atoms with E-state index >= 15 is 0 Å². The van der Waals surface area contributed by atoms with E-state index in [0.717, 1.165) is 48.5 Å². The largest absolute Gasteiger partial charge is 2.00 e. The smallest absolute Gasteiger partial charge is 0.545 e. The SMILES string of the molecule is NC(=O)c1ccncc1.NC(=O)c1ccncc1.O.O=C([O-])c1ccc(F)cc1.O=C([O-])c1ccc(F)cc1.[Zn+2]. The number of carboxylic acids is 2. The van der Waals surface area contributed by atoms with Crippen LogP contribution in [0.2, 0.25) is 0 Å². The Morgan fingerprint density at radius 3 is 0.950 bits per heavy atom. The molecule has 0 aliphatic rings. The van der Waals surface area contributed by atoms with Gasteiger partial charge < -0.3 is 36.7 Å². The minimum Gasteiger partial charge on any atom is -0.545 e. The van der Waals surface area contributed by atoms with Crippen molar-refractivity contribution in [3.63, 3.8) is 0 Å². The van der Waals surface area contributed by atoms with Gasteiger partial charge in [0.15, 0.2) is 0 Å². The van der Waals surface area contributed by atoms with Crippen molar-refractivity contribution in [1.82, 2.24) is 9.97 Å². The molecule has 4 aromatic rings. The van der Waals surface area contributed by atoms with Gasteiger partial charge in [0.2, 0.25) is 11.8 Å². The zero-order valence-corrected chi connectivity index (χ0v) is 23.7. The van der Waals surface area contributed by atoms with E-state index in [-0.39, 0.29) is 36.1 Å². The number of hydrogen-bond donors (Lipinski definition) is 2. The molecule has 0 saturated heterocycles. The van der Waals surface area contributed by atoms with Crippen molar-refractivity contribution < 1.29 is 63.1 Å². The Hall–Kier alpha value is -4.94. The minimum absolute atomic E-state index is 0. The number of benzene rings is 2. The van der Waals surface area contributed by atoms with Crippen LogP contribution in [0.5, 0.6) is 0 Å². The van der Waals surface area contributed by atoms with Gasteiger partial charge >= 0.3 is 19.5 Å². The molecule has 0 bridgehead atoms. The molecule has 0 fully saturated rings. The van der Waals surface area contributed by atoms with E-state index in [1.54, 1.807) is 24.3 Å². The molecule has 40 heavy (non-hydrogen) atoms. The number of pyridine rings is 2. The van der Waals surface area contributed by atoms with E-state index in [1.165, 1.54) is 24.8 Å². The predicted molar refractivity (Wildman–Crippen MR) is 131 cm³/mol. The van der Waals surface area contributed by atoms with Crippen molar-refractivity contribution in [1.29, 1.82) is 0 Å². The number of nitrogens with zero attached hydrogens (tertiary/aromatic N) is 2. The summed E-state index contributed by atoms with van der Waals surface area (Å²) in [6.45, 7) is 0. The van der Waals surface area contributed by atoms with Gasteiger partial charge in [0.05, 0.1) is 11.9 Å². The molecular formula is C26H22F2N4O7Zn. The number of primary amides is 2. The molecule has 2 amide bonds. The predicted octanol–water partition coefficient (Wildman–Crippen LogP) is -0.0878. The van der Waals surface area contributed by atoms with Crippen LogP contribution in [0.3, 0.4) is 0 Å². The summed E-state index contributed by atoms with van der Waals surface area (Å²) in [5.74, 6) is -4.33. The van der Waals surface area contributed by atoms with E-state index in [4.69, 9.17) is 11.5 Å². The number of carboxylic acid groups (broad SMARTS) is 2. The molecule has 0 aliphatic carbocycles. The summed E-state index contributed by atoms with van der Waals surface area (Å²) in [7, 11) is 0. The standard InChI is InChI=1S/2C7H5FO2.2C6H6N2O.H2O.Zn/c2*8-6-3-1-5(2-4-6)7(9)10;2*7-6(9)5-1-3-8-4-2-5;;/h2*1-4H,(H,9,10);2*1-4H,(H2,7,9);1H2;/q;;;;;+2/p-2. The van der Waals surface area contributed by atoms with E-state index in [1.807, 2.05) is 0 Å². The van der Waals surface area contributed by atoms with Crippen molar-refractivity contribution in [2.75, 3.05) is 0 Å². The number of halogens is 2. The van der Waals surface area contributed by atoms with Crippen LogP contribution in [-0.2, 0) is 19.5 Å². The van der Waals surface area contributed by atoms with Gasteiger partial charge in [-0.3, -0.25) is 19.6 Å². The Labute approximate surface area is 239 Å². The number of amides is 2. The number of rotatable bonds is 4. The molecule has 2 aromatic heterocycles. The van der Waals surface area contributed by atoms with E-state index in [0.29, 0.717) is 11.1 Å². The zero-order chi connectivity index (χ0) is 28.5. The van der Waals surface area contributed by atoms with Crippen LogP contribution in [0.4, 0.5) is 8.78 Å². The first-order valence-corrected chi connectivity index (χ1v) is 10.3. The topological polar surface area (TPSA) is 224 Å². The number of nitrogens with two attached hydrogens (primary N) is 2. The average molecular weight is 606 g/mol. The normalized spacial score (nSPS) is 8.65. The zero-order valence-electron chi connectivity index (χ0n) is 20.7. The monoisotopic (exact) mass is 604 g/mol. The molecule has 0 unspecified atom stereocenters. The molecule has 0 radical (unpaired) electrons. The molecule has 0 atom stereocenters. The third-order valence-corrected chi connectivity index (χ3v) is 4.09. The van der Waals surface area contributed by atoms with E-state index in [9.17, 15) is 38.2 Å². The quantitative estimate of drug-likeness (QED) is 0.298. The second-order valence-electron chi connectivity index (χ2n) is 6.79. The molecule has 0 spiro atoms. The van der Waals surface area contributed by atoms with Gasteiger partial charge in [-0.15, -0.1) is 0 Å². The van der Waals surface area contributed by atoms with Crippen molar-refractivity contribution in [2.24, 2.45) is 11.5 Å². The van der Waals surface area contributed by atoms with Crippen LogP contribution in [0.1, 0.15) is 41.4 Å². The fraction of sp³-hybridized carbons (Fsp3) is 0. The van der Waals surface area contributed by atoms with Gasteiger partial charge in [-0.05, 0) is 59.7 Å². The Morgan fingerprint density at radius 1 is 0.525 bits per heavy atom. The fourth-order valence-corrected chi connectivity index (χ4v) is 2.20. The molecule has 6 N–H and O–H groups in total. The molecular weight excluding hydrogens is 584 g/mol. The van der Waals surface area contributed by atoms with Gasteiger partial charge in [0, 0.05) is 35.9 Å². The van der Waals surface area contributed by atoms with Gasteiger partial charge in [-0.25, -0.2) is 8.78 Å². The van der Waals surface area contributed by atoms with Crippen LogP contribution in [0.25, 0.3) is 0 Å². The number of carbonyl (C=O) groups excluding carboxylic acids is 4. The molecule has 0 saturated carbocycles. The van der Waals surface area contributed by atoms with Crippen molar-refractivity contribution in [3.8, 4) is 0 Å². The maximum Gasteiger partial charge on any atom is 2.00 e. The minimum atomic E-state index is -1.29. The summed E-state index contributed by atoms with van der Waals surface area (Å²) in [5, 5.41) is 20.2. The van der Waals surface area contributed by atoms with Crippen LogP contribution >= 0.6 is 0 Å². The Balaban J connectivity index is 0. The van der Waals surface area contributed by atoms with Crippen LogP contribution in [0.15, 0.2) is 97.6 Å². The Kier molecular flexibility index (Phi) is 18.7. The number of carbonyl (C=O) groups is 4. The first kappa shape index (κ1) is 37.2. The van der Waals surface area contributed by atoms with Gasteiger partial charge in [-0.2, -0.15) is 0 Å². The van der Waals surface area contributed by atoms with Gasteiger partial charge in [0.1, 0.15) is 11.6 Å². The van der Waals surface area contributed by atoms with Crippen molar-refractivity contribution >= 4 is 23.8 Å². The summed E-state index contributed by atoms with van der Waals surface area (Å²) < 4.78 is 24.3. The van der Waals surface area contributed by atoms with Gasteiger partial charge in [0.25, 0.3) is 0 Å². The van der Waals surface area contributed by atoms with Crippen molar-refractivity contribution in [3.05, 3.63) is 131 Å². The molecule has 4 rings (SSSR count). The molecule has 2 heterocycles. The number of aromatic carboxylic acids is 2. The molecule has 0 aliphatic heterocycles. The van der Waals surface area contributed by atoms with E-state index < -0.39 is 35.4 Å². The van der Waals surface area contributed by atoms with Crippen LogP contribution in [0, 0.1) is 11.6 Å². The number of hydrogen-bond acceptors (Lipinski definition) is 8. The summed E-state index contributed by atoms with van der Waals surface area (Å²) in [6.07, 6.45) is 6.11. The summed E-state index contributed by atoms with van der Waals surface area (Å²) >= 11 is 0. The number of aromatic nitrogens is 2. The average Bonchev–Trinajstić information content (AvgIpc) is 2.91. The maximum absolute atomic E-state index is 12.1. The van der Waals surface area contributed by atoms with Gasteiger partial charge in [-0.1, -0.05) is 24.3 Å². The Morgan fingerprint density at radius 2 is 0.775 bits per heavy atom.